The monoisotopic (exact) mass is 105 g/mol. The Morgan fingerprint density at radius 3 is 2.71 bits per heavy atom. The van der Waals surface area contributed by atoms with Gasteiger partial charge in [-0.25, -0.2) is 0 Å². The van der Waals surface area contributed by atoms with Gasteiger partial charge in [0.05, 0.1) is 0 Å². The molecular formula is C3H7NO3. The molecule has 2 N–H and O–H groups in total. The summed E-state index contributed by atoms with van der Waals surface area (Å²) in [5, 5.41) is 7.67. The van der Waals surface area contributed by atoms with E-state index in [0.29, 0.717) is 0 Å². The van der Waals surface area contributed by atoms with Gasteiger partial charge >= 0.3 is 5.97 Å². The van der Waals surface area contributed by atoms with Gasteiger partial charge in [0.25, 0.3) is 0 Å². The summed E-state index contributed by atoms with van der Waals surface area (Å²) in [6.45, 7) is 1.62. The Kier molecular flexibility index (Phi) is 3.26. The molecule has 0 heterocycles. The van der Waals surface area contributed by atoms with E-state index in [1.807, 2.05) is 0 Å². The number of nitrogens with one attached hydrogen (secondary N) is 1. The number of carbonyl (C=O) groups excluding carboxylic acids is 1. The smallest absolute Gasteiger partial charge is 0.327 e. The molecule has 0 bridgehead atoms. The molecule has 0 atom stereocenters. The average Bonchev–Trinajstić information content (AvgIpc) is 1.68. The molecule has 7 heavy (non-hydrogen) atoms. The fourth-order valence-electron chi connectivity index (χ4n) is 0.123. The predicted octanol–water partition coefficient (Wildman–Crippen LogP) is -0.167. The summed E-state index contributed by atoms with van der Waals surface area (Å²) in [5.74, 6) is -0.484. The van der Waals surface area contributed by atoms with E-state index in [1.54, 1.807) is 6.92 Å². The predicted molar refractivity (Wildman–Crippen MR) is 21.3 cm³/mol. The molecule has 0 radical (unpaired) electrons. The first-order chi connectivity index (χ1) is 3.31. The van der Waals surface area contributed by atoms with Crippen LogP contribution in [0.25, 0.3) is 0 Å². The van der Waals surface area contributed by atoms with Crippen molar-refractivity contribution in [3.8, 4) is 0 Å². The Balaban J connectivity index is 3.00. The van der Waals surface area contributed by atoms with Gasteiger partial charge in [-0.15, -0.1) is 0 Å². The molecule has 0 aromatic rings. The molecule has 0 saturated heterocycles. The van der Waals surface area contributed by atoms with E-state index in [-0.39, 0.29) is 6.42 Å². The maximum atomic E-state index is 9.97. The Morgan fingerprint density at radius 1 is 2.00 bits per heavy atom. The maximum Gasteiger partial charge on any atom is 0.327 e. The van der Waals surface area contributed by atoms with Crippen LogP contribution in [-0.4, -0.2) is 11.2 Å². The molecule has 4 heteroatoms. The van der Waals surface area contributed by atoms with Gasteiger partial charge in [0.2, 0.25) is 0 Å². The Labute approximate surface area is 41.0 Å². The van der Waals surface area contributed by atoms with Crippen LogP contribution in [-0.2, 0) is 9.63 Å². The third-order valence-electron chi connectivity index (χ3n) is 0.448. The summed E-state index contributed by atoms with van der Waals surface area (Å²) in [7, 11) is 0. The summed E-state index contributed by atoms with van der Waals surface area (Å²) in [4.78, 5) is 13.8. The first-order valence-corrected chi connectivity index (χ1v) is 1.90. The Morgan fingerprint density at radius 2 is 2.57 bits per heavy atom. The zero-order chi connectivity index (χ0) is 5.70. The second-order valence-electron chi connectivity index (χ2n) is 0.919. The van der Waals surface area contributed by atoms with Crippen LogP contribution in [0.1, 0.15) is 13.3 Å². The quantitative estimate of drug-likeness (QED) is 0.479. The molecule has 0 saturated carbocycles. The summed E-state index contributed by atoms with van der Waals surface area (Å²) in [6, 6.07) is 0. The molecule has 0 spiro atoms. The van der Waals surface area contributed by atoms with Crippen molar-refractivity contribution >= 4 is 5.97 Å². The molecule has 0 aliphatic heterocycles. The van der Waals surface area contributed by atoms with Gasteiger partial charge in [0.1, 0.15) is 0 Å². The second kappa shape index (κ2) is 3.58. The third-order valence-corrected chi connectivity index (χ3v) is 0.448. The summed E-state index contributed by atoms with van der Waals surface area (Å²) >= 11 is 0. The van der Waals surface area contributed by atoms with Crippen LogP contribution in [0.4, 0.5) is 0 Å². The van der Waals surface area contributed by atoms with Crippen molar-refractivity contribution in [3.63, 3.8) is 0 Å². The van der Waals surface area contributed by atoms with E-state index in [1.165, 1.54) is 5.64 Å². The van der Waals surface area contributed by atoms with Crippen molar-refractivity contribution in [2.24, 2.45) is 0 Å². The largest absolute Gasteiger partial charge is 0.346 e. The van der Waals surface area contributed by atoms with E-state index in [9.17, 15) is 4.79 Å². The van der Waals surface area contributed by atoms with Crippen molar-refractivity contribution in [2.75, 3.05) is 0 Å². The van der Waals surface area contributed by atoms with Crippen molar-refractivity contribution in [1.29, 1.82) is 0 Å². The van der Waals surface area contributed by atoms with Crippen LogP contribution in [0, 0.1) is 0 Å². The van der Waals surface area contributed by atoms with Crippen molar-refractivity contribution in [3.05, 3.63) is 0 Å². The van der Waals surface area contributed by atoms with E-state index in [0.717, 1.165) is 0 Å². The first-order valence-electron chi connectivity index (χ1n) is 1.90. The number of rotatable bonds is 2. The highest BCUT2D eigenvalue weighted by molar-refractivity contribution is 5.68. The molecule has 0 amide bonds. The molecule has 0 aromatic carbocycles. The molecule has 0 rings (SSSR count). The first kappa shape index (κ1) is 6.39. The molecule has 4 nitrogen and oxygen atoms in total. The summed E-state index contributed by atoms with van der Waals surface area (Å²) in [6.07, 6.45) is 0.258. The van der Waals surface area contributed by atoms with Gasteiger partial charge in [0, 0.05) is 6.42 Å². The Bertz CT molecular complexity index is 63.2. The van der Waals surface area contributed by atoms with Gasteiger partial charge < -0.3 is 4.84 Å². The molecule has 0 aliphatic rings. The third kappa shape index (κ3) is 3.21. The molecule has 0 aromatic heterocycles. The van der Waals surface area contributed by atoms with Gasteiger partial charge in [-0.1, -0.05) is 6.92 Å². The zero-order valence-electron chi connectivity index (χ0n) is 3.97. The van der Waals surface area contributed by atoms with Crippen LogP contribution in [0.5, 0.6) is 0 Å². The molecule has 0 aliphatic carbocycles. The van der Waals surface area contributed by atoms with E-state index >= 15 is 0 Å². The van der Waals surface area contributed by atoms with Crippen LogP contribution in [0.3, 0.4) is 0 Å². The van der Waals surface area contributed by atoms with E-state index < -0.39 is 5.97 Å². The fourth-order valence-corrected chi connectivity index (χ4v) is 0.123. The van der Waals surface area contributed by atoms with Crippen molar-refractivity contribution in [1.82, 2.24) is 5.64 Å². The van der Waals surface area contributed by atoms with Gasteiger partial charge in [-0.2, -0.15) is 0 Å². The maximum absolute atomic E-state index is 9.97. The highest BCUT2D eigenvalue weighted by Crippen LogP contribution is 1.76. The molecule has 0 unspecified atom stereocenters. The second-order valence-corrected chi connectivity index (χ2v) is 0.919. The highest BCUT2D eigenvalue weighted by atomic mass is 16.8. The average molecular weight is 105 g/mol. The lowest BCUT2D eigenvalue weighted by molar-refractivity contribution is -0.176. The lowest BCUT2D eigenvalue weighted by Gasteiger charge is -1.92. The molecule has 42 valence electrons. The van der Waals surface area contributed by atoms with Crippen molar-refractivity contribution in [2.45, 2.75) is 13.3 Å². The van der Waals surface area contributed by atoms with Gasteiger partial charge in [0.15, 0.2) is 0 Å². The van der Waals surface area contributed by atoms with Crippen LogP contribution < -0.4 is 5.64 Å². The molecule has 0 fully saturated rings. The minimum absolute atomic E-state index is 0.258. The van der Waals surface area contributed by atoms with E-state index in [2.05, 4.69) is 4.84 Å². The molecular weight excluding hydrogens is 98.0 g/mol. The fraction of sp³-hybridized carbons (Fsp3) is 0.667. The topological polar surface area (TPSA) is 58.6 Å². The highest BCUT2D eigenvalue weighted by Gasteiger charge is 1.92. The van der Waals surface area contributed by atoms with Crippen LogP contribution >= 0.6 is 0 Å². The number of carbonyl (C=O) groups is 1. The Hall–Kier alpha value is -0.610. The lowest BCUT2D eigenvalue weighted by atomic mass is 10.5. The lowest BCUT2D eigenvalue weighted by Crippen LogP contribution is -2.14. The van der Waals surface area contributed by atoms with Gasteiger partial charge in [-0.05, 0) is 5.64 Å². The van der Waals surface area contributed by atoms with Crippen LogP contribution in [0.2, 0.25) is 0 Å². The van der Waals surface area contributed by atoms with Gasteiger partial charge in [-0.3, -0.25) is 10.0 Å². The van der Waals surface area contributed by atoms with Crippen LogP contribution in [0.15, 0.2) is 0 Å². The number of hydrogen-bond acceptors (Lipinski definition) is 4. The SMILES string of the molecule is CCC(=O)ONO. The number of hydrogen-bond donors (Lipinski definition) is 2. The summed E-state index contributed by atoms with van der Waals surface area (Å²) in [5.41, 5.74) is 1.27. The van der Waals surface area contributed by atoms with Crippen molar-refractivity contribution < 1.29 is 14.8 Å². The van der Waals surface area contributed by atoms with E-state index in [4.69, 9.17) is 5.21 Å². The minimum Gasteiger partial charge on any atom is -0.346 e. The normalized spacial score (nSPS) is 8.29. The minimum atomic E-state index is -0.484. The zero-order valence-corrected chi connectivity index (χ0v) is 3.97. The summed E-state index contributed by atoms with van der Waals surface area (Å²) < 4.78 is 0. The standard InChI is InChI=1S/C3H7NO3/c1-2-3(5)7-4-6/h4,6H,2H2,1H3.